The van der Waals surface area contributed by atoms with E-state index < -0.39 is 0 Å². The minimum Gasteiger partial charge on any atom is -0.494 e. The topological polar surface area (TPSA) is 42.0 Å². The average molecular weight is 389 g/mol. The number of anilines is 1. The molecule has 144 valence electrons. The Morgan fingerprint density at radius 2 is 1.89 bits per heavy atom. The van der Waals surface area contributed by atoms with Crippen LogP contribution in [0.3, 0.4) is 0 Å². The third-order valence-electron chi connectivity index (χ3n) is 4.65. The number of ether oxygens (including phenoxy) is 2. The molecule has 0 atom stereocenters. The molecular formula is C21H25ClN2O3. The molecule has 0 bridgehead atoms. The predicted octanol–water partition coefficient (Wildman–Crippen LogP) is 3.85. The Morgan fingerprint density at radius 1 is 1.11 bits per heavy atom. The lowest BCUT2D eigenvalue weighted by molar-refractivity contribution is 0.0746. The van der Waals surface area contributed by atoms with Crippen molar-refractivity contribution in [3.05, 3.63) is 58.6 Å². The Kier molecular flexibility index (Phi) is 6.58. The van der Waals surface area contributed by atoms with E-state index in [0.29, 0.717) is 31.9 Å². The van der Waals surface area contributed by atoms with Crippen molar-refractivity contribution < 1.29 is 14.3 Å². The quantitative estimate of drug-likeness (QED) is 0.753. The number of rotatable bonds is 6. The number of hydrogen-bond donors (Lipinski definition) is 0. The highest BCUT2D eigenvalue weighted by atomic mass is 35.5. The summed E-state index contributed by atoms with van der Waals surface area (Å²) in [5, 5.41) is 0.728. The molecule has 0 unspecified atom stereocenters. The van der Waals surface area contributed by atoms with Crippen molar-refractivity contribution in [2.24, 2.45) is 0 Å². The van der Waals surface area contributed by atoms with Crippen LogP contribution >= 0.6 is 11.6 Å². The number of carbonyl (C=O) groups is 1. The summed E-state index contributed by atoms with van der Waals surface area (Å²) in [4.78, 5) is 17.1. The van der Waals surface area contributed by atoms with Gasteiger partial charge in [-0.2, -0.15) is 0 Å². The summed E-state index contributed by atoms with van der Waals surface area (Å²) in [6, 6.07) is 13.4. The zero-order valence-corrected chi connectivity index (χ0v) is 16.5. The number of methoxy groups -OCH3 is 1. The van der Waals surface area contributed by atoms with Gasteiger partial charge in [-0.1, -0.05) is 17.7 Å². The average Bonchev–Trinajstić information content (AvgIpc) is 2.69. The van der Waals surface area contributed by atoms with Gasteiger partial charge < -0.3 is 19.3 Å². The van der Waals surface area contributed by atoms with E-state index in [4.69, 9.17) is 21.1 Å². The van der Waals surface area contributed by atoms with Crippen LogP contribution in [0.15, 0.2) is 42.5 Å². The van der Waals surface area contributed by atoms with Gasteiger partial charge in [0, 0.05) is 55.1 Å². The highest BCUT2D eigenvalue weighted by Crippen LogP contribution is 2.24. The molecule has 1 amide bonds. The van der Waals surface area contributed by atoms with Gasteiger partial charge in [0.1, 0.15) is 5.75 Å². The van der Waals surface area contributed by atoms with Crippen molar-refractivity contribution in [2.45, 2.75) is 13.5 Å². The highest BCUT2D eigenvalue weighted by Gasteiger charge is 2.23. The van der Waals surface area contributed by atoms with Crippen molar-refractivity contribution >= 4 is 23.2 Å². The number of benzene rings is 2. The first-order valence-electron chi connectivity index (χ1n) is 9.17. The van der Waals surface area contributed by atoms with Crippen LogP contribution in [0.2, 0.25) is 5.02 Å². The van der Waals surface area contributed by atoms with Gasteiger partial charge in [-0.15, -0.1) is 0 Å². The summed E-state index contributed by atoms with van der Waals surface area (Å²) in [7, 11) is 1.64. The van der Waals surface area contributed by atoms with Gasteiger partial charge in [0.15, 0.2) is 0 Å². The van der Waals surface area contributed by atoms with E-state index in [-0.39, 0.29) is 5.91 Å². The van der Waals surface area contributed by atoms with E-state index in [9.17, 15) is 4.79 Å². The first-order valence-corrected chi connectivity index (χ1v) is 9.54. The maximum Gasteiger partial charge on any atom is 0.253 e. The van der Waals surface area contributed by atoms with Crippen molar-refractivity contribution in [3.8, 4) is 5.75 Å². The lowest BCUT2D eigenvalue weighted by Crippen LogP contribution is -2.48. The minimum atomic E-state index is 0.0427. The smallest absolute Gasteiger partial charge is 0.253 e. The van der Waals surface area contributed by atoms with E-state index in [0.717, 1.165) is 35.1 Å². The van der Waals surface area contributed by atoms with Crippen LogP contribution in [-0.4, -0.2) is 50.7 Å². The van der Waals surface area contributed by atoms with Gasteiger partial charge in [-0.05, 0) is 43.3 Å². The summed E-state index contributed by atoms with van der Waals surface area (Å²) in [6.45, 7) is 5.86. The Hall–Kier alpha value is -2.24. The third-order valence-corrected chi connectivity index (χ3v) is 4.88. The fourth-order valence-electron chi connectivity index (χ4n) is 3.30. The van der Waals surface area contributed by atoms with Crippen molar-refractivity contribution in [1.82, 2.24) is 4.90 Å². The molecule has 0 spiro atoms. The molecule has 1 saturated heterocycles. The Morgan fingerprint density at radius 3 is 2.56 bits per heavy atom. The lowest BCUT2D eigenvalue weighted by Gasteiger charge is -2.36. The molecule has 0 radical (unpaired) electrons. The number of carbonyl (C=O) groups excluding carboxylic acids is 1. The fourth-order valence-corrected chi connectivity index (χ4v) is 3.48. The van der Waals surface area contributed by atoms with E-state index in [1.165, 1.54) is 0 Å². The minimum absolute atomic E-state index is 0.0427. The van der Waals surface area contributed by atoms with Crippen LogP contribution in [0, 0.1) is 0 Å². The second kappa shape index (κ2) is 9.11. The molecule has 1 aliphatic rings. The van der Waals surface area contributed by atoms with E-state index >= 15 is 0 Å². The number of hydrogen-bond acceptors (Lipinski definition) is 4. The van der Waals surface area contributed by atoms with Gasteiger partial charge >= 0.3 is 0 Å². The Bertz CT molecular complexity index is 789. The number of amides is 1. The van der Waals surface area contributed by atoms with Gasteiger partial charge in [-0.25, -0.2) is 0 Å². The van der Waals surface area contributed by atoms with E-state index in [1.54, 1.807) is 7.11 Å². The molecule has 0 N–H and O–H groups in total. The zero-order chi connectivity index (χ0) is 19.2. The van der Waals surface area contributed by atoms with Crippen LogP contribution in [0.5, 0.6) is 5.75 Å². The van der Waals surface area contributed by atoms with Crippen molar-refractivity contribution in [1.29, 1.82) is 0 Å². The van der Waals surface area contributed by atoms with Gasteiger partial charge in [0.25, 0.3) is 5.91 Å². The van der Waals surface area contributed by atoms with Crippen LogP contribution in [0.1, 0.15) is 22.8 Å². The molecule has 0 aliphatic carbocycles. The van der Waals surface area contributed by atoms with Crippen LogP contribution < -0.4 is 9.64 Å². The molecule has 3 rings (SSSR count). The summed E-state index contributed by atoms with van der Waals surface area (Å²) in [5.41, 5.74) is 2.66. The zero-order valence-electron chi connectivity index (χ0n) is 15.8. The van der Waals surface area contributed by atoms with Crippen LogP contribution in [0.4, 0.5) is 5.69 Å². The molecule has 0 saturated carbocycles. The Labute approximate surface area is 165 Å². The second-order valence-corrected chi connectivity index (χ2v) is 6.88. The maximum atomic E-state index is 12.9. The van der Waals surface area contributed by atoms with Crippen molar-refractivity contribution in [2.75, 3.05) is 44.8 Å². The molecule has 2 aromatic rings. The molecule has 2 aromatic carbocycles. The summed E-state index contributed by atoms with van der Waals surface area (Å²) < 4.78 is 10.9. The molecule has 5 nitrogen and oxygen atoms in total. The molecule has 1 aliphatic heterocycles. The number of halogens is 1. The SMILES string of the molecule is CCOc1ccc(C(=O)N2CCN(c3cccc(Cl)c3)CC2)cc1COC. The molecule has 1 heterocycles. The normalized spacial score (nSPS) is 14.3. The maximum absolute atomic E-state index is 12.9. The summed E-state index contributed by atoms with van der Waals surface area (Å²) >= 11 is 6.09. The standard InChI is InChI=1S/C21H25ClN2O3/c1-3-27-20-8-7-16(13-17(20)15-26-2)21(25)24-11-9-23(10-12-24)19-6-4-5-18(22)14-19/h4-8,13-14H,3,9-12,15H2,1-2H3. The second-order valence-electron chi connectivity index (χ2n) is 6.45. The first-order chi connectivity index (χ1) is 13.1. The molecule has 27 heavy (non-hydrogen) atoms. The summed E-state index contributed by atoms with van der Waals surface area (Å²) in [5.74, 6) is 0.808. The first kappa shape index (κ1) is 19.5. The van der Waals surface area contributed by atoms with Gasteiger partial charge in [0.2, 0.25) is 0 Å². The largest absolute Gasteiger partial charge is 0.494 e. The molecule has 1 fully saturated rings. The Balaban J connectivity index is 1.67. The fraction of sp³-hybridized carbons (Fsp3) is 0.381. The predicted molar refractivity (Wildman–Crippen MR) is 108 cm³/mol. The third kappa shape index (κ3) is 4.73. The number of nitrogens with zero attached hydrogens (tertiary/aromatic N) is 2. The van der Waals surface area contributed by atoms with E-state index in [1.807, 2.05) is 54.3 Å². The molecule has 0 aromatic heterocycles. The van der Waals surface area contributed by atoms with Crippen LogP contribution in [0.25, 0.3) is 0 Å². The van der Waals surface area contributed by atoms with Gasteiger partial charge in [-0.3, -0.25) is 4.79 Å². The highest BCUT2D eigenvalue weighted by molar-refractivity contribution is 6.30. The number of piperazine rings is 1. The lowest BCUT2D eigenvalue weighted by atomic mass is 10.1. The molecular weight excluding hydrogens is 364 g/mol. The van der Waals surface area contributed by atoms with E-state index in [2.05, 4.69) is 4.90 Å². The molecule has 6 heteroatoms. The monoisotopic (exact) mass is 388 g/mol. The van der Waals surface area contributed by atoms with Crippen LogP contribution in [-0.2, 0) is 11.3 Å². The van der Waals surface area contributed by atoms with Crippen molar-refractivity contribution in [3.63, 3.8) is 0 Å². The summed E-state index contributed by atoms with van der Waals surface area (Å²) in [6.07, 6.45) is 0. The van der Waals surface area contributed by atoms with Gasteiger partial charge in [0.05, 0.1) is 13.2 Å².